The highest BCUT2D eigenvalue weighted by Gasteiger charge is 2.37. The van der Waals surface area contributed by atoms with E-state index in [0.717, 1.165) is 0 Å². The number of benzene rings is 1. The topological polar surface area (TPSA) is 46.2 Å². The number of nitrogens with one attached hydrogen (secondary N) is 1. The van der Waals surface area contributed by atoms with E-state index in [1.54, 1.807) is 0 Å². The zero-order chi connectivity index (χ0) is 12.3. The third-order valence-corrected chi connectivity index (χ3v) is 4.45. The number of anilines is 1. The number of allylic oxidation sites excluding steroid dienone is 2. The number of hydrogen-bond donors (Lipinski definition) is 1. The summed E-state index contributed by atoms with van der Waals surface area (Å²) in [6.45, 7) is 0. The van der Waals surface area contributed by atoms with Gasteiger partial charge < -0.3 is 5.32 Å². The van der Waals surface area contributed by atoms with Crippen LogP contribution in [-0.2, 0) is 4.79 Å². The predicted molar refractivity (Wildman–Crippen MR) is 67.5 cm³/mol. The first-order valence-electron chi connectivity index (χ1n) is 6.40. The number of rotatable bonds is 1. The molecule has 1 saturated carbocycles. The van der Waals surface area contributed by atoms with Gasteiger partial charge in [0, 0.05) is 0 Å². The summed E-state index contributed by atoms with van der Waals surface area (Å²) in [7, 11) is 0. The van der Waals surface area contributed by atoms with Gasteiger partial charge in [-0.25, -0.2) is 0 Å². The predicted octanol–water partition coefficient (Wildman–Crippen LogP) is 2.50. The molecule has 3 aliphatic rings. The molecule has 18 heavy (non-hydrogen) atoms. The maximum atomic E-state index is 11.7. The standard InChI is InChI=1S/C15H13NO2/c17-14-12-7-10(3-4-13(12)16-15(14)18)11-6-8-1-2-9(11)5-8/h1-4,7-9,11H,5-6H2,(H,16,17,18)/t8?,9?,11-/m0/s1. The molecule has 1 aromatic rings. The molecule has 3 heteroatoms. The molecular formula is C15H13NO2. The number of fused-ring (bicyclic) bond motifs is 3. The minimum atomic E-state index is -0.505. The zero-order valence-electron chi connectivity index (χ0n) is 9.85. The van der Waals surface area contributed by atoms with E-state index in [4.69, 9.17) is 0 Å². The molecule has 1 heterocycles. The van der Waals surface area contributed by atoms with E-state index in [2.05, 4.69) is 23.5 Å². The number of Topliss-reactive ketones (excluding diaryl/α,β-unsaturated/α-hetero) is 1. The van der Waals surface area contributed by atoms with Crippen LogP contribution in [0.5, 0.6) is 0 Å². The molecule has 0 spiro atoms. The molecule has 1 aliphatic heterocycles. The summed E-state index contributed by atoms with van der Waals surface area (Å²) >= 11 is 0. The third-order valence-electron chi connectivity index (χ3n) is 4.45. The summed E-state index contributed by atoms with van der Waals surface area (Å²) < 4.78 is 0. The van der Waals surface area contributed by atoms with Crippen LogP contribution in [0, 0.1) is 11.8 Å². The molecule has 3 atom stereocenters. The van der Waals surface area contributed by atoms with Gasteiger partial charge >= 0.3 is 0 Å². The Bertz CT molecular complexity index is 603. The Labute approximate surface area is 105 Å². The van der Waals surface area contributed by atoms with Crippen molar-refractivity contribution in [3.63, 3.8) is 0 Å². The van der Waals surface area contributed by atoms with Gasteiger partial charge in [0.1, 0.15) is 0 Å². The average Bonchev–Trinajstić information content (AvgIpc) is 3.06. The highest BCUT2D eigenvalue weighted by molar-refractivity contribution is 6.51. The van der Waals surface area contributed by atoms with E-state index in [-0.39, 0.29) is 0 Å². The molecule has 3 nitrogen and oxygen atoms in total. The van der Waals surface area contributed by atoms with Gasteiger partial charge in [0.25, 0.3) is 11.7 Å². The first-order valence-corrected chi connectivity index (χ1v) is 6.40. The van der Waals surface area contributed by atoms with Crippen LogP contribution in [0.15, 0.2) is 30.4 Å². The van der Waals surface area contributed by atoms with Crippen molar-refractivity contribution in [1.82, 2.24) is 0 Å². The molecule has 0 aromatic heterocycles. The van der Waals surface area contributed by atoms with Gasteiger partial charge in [-0.1, -0.05) is 18.2 Å². The normalized spacial score (nSPS) is 31.9. The molecule has 1 fully saturated rings. The Kier molecular flexibility index (Phi) is 1.85. The number of amides is 1. The van der Waals surface area contributed by atoms with Gasteiger partial charge in [-0.2, -0.15) is 0 Å². The lowest BCUT2D eigenvalue weighted by Gasteiger charge is -2.18. The molecule has 1 aromatic carbocycles. The van der Waals surface area contributed by atoms with E-state index in [1.807, 2.05) is 12.1 Å². The Morgan fingerprint density at radius 3 is 2.72 bits per heavy atom. The Morgan fingerprint density at radius 1 is 1.11 bits per heavy atom. The lowest BCUT2D eigenvalue weighted by Crippen LogP contribution is -2.12. The molecule has 0 radical (unpaired) electrons. The van der Waals surface area contributed by atoms with Crippen molar-refractivity contribution in [2.24, 2.45) is 11.8 Å². The first kappa shape index (κ1) is 10.1. The van der Waals surface area contributed by atoms with Crippen molar-refractivity contribution in [2.45, 2.75) is 18.8 Å². The molecule has 2 bridgehead atoms. The minimum Gasteiger partial charge on any atom is -0.318 e. The fourth-order valence-corrected chi connectivity index (χ4v) is 3.55. The van der Waals surface area contributed by atoms with Gasteiger partial charge in [-0.15, -0.1) is 0 Å². The third kappa shape index (κ3) is 1.24. The van der Waals surface area contributed by atoms with Crippen LogP contribution in [0.25, 0.3) is 0 Å². The van der Waals surface area contributed by atoms with Crippen LogP contribution < -0.4 is 5.32 Å². The summed E-state index contributed by atoms with van der Waals surface area (Å²) in [4.78, 5) is 23.0. The van der Waals surface area contributed by atoms with E-state index in [9.17, 15) is 9.59 Å². The monoisotopic (exact) mass is 239 g/mol. The fraction of sp³-hybridized carbons (Fsp3) is 0.333. The van der Waals surface area contributed by atoms with Crippen molar-refractivity contribution in [1.29, 1.82) is 0 Å². The maximum Gasteiger partial charge on any atom is 0.296 e. The Morgan fingerprint density at radius 2 is 2.00 bits per heavy atom. The summed E-state index contributed by atoms with van der Waals surface area (Å²) in [5, 5.41) is 2.60. The van der Waals surface area contributed by atoms with Crippen LogP contribution in [0.4, 0.5) is 5.69 Å². The highest BCUT2D eigenvalue weighted by atomic mass is 16.2. The fourth-order valence-electron chi connectivity index (χ4n) is 3.55. The summed E-state index contributed by atoms with van der Waals surface area (Å²) in [5.41, 5.74) is 2.41. The molecular weight excluding hydrogens is 226 g/mol. The van der Waals surface area contributed by atoms with Gasteiger partial charge in [-0.05, 0) is 48.3 Å². The SMILES string of the molecule is O=C1Nc2ccc([C@H]3CC4C=CC3C4)cc2C1=O. The van der Waals surface area contributed by atoms with Crippen molar-refractivity contribution in [2.75, 3.05) is 5.32 Å². The van der Waals surface area contributed by atoms with Gasteiger partial charge in [0.05, 0.1) is 11.3 Å². The maximum absolute atomic E-state index is 11.7. The second-order valence-corrected chi connectivity index (χ2v) is 5.48. The van der Waals surface area contributed by atoms with Crippen LogP contribution >= 0.6 is 0 Å². The van der Waals surface area contributed by atoms with Crippen molar-refractivity contribution in [3.8, 4) is 0 Å². The smallest absolute Gasteiger partial charge is 0.296 e. The second-order valence-electron chi connectivity index (χ2n) is 5.48. The van der Waals surface area contributed by atoms with Crippen LogP contribution in [0.1, 0.15) is 34.7 Å². The van der Waals surface area contributed by atoms with Gasteiger partial charge in [0.15, 0.2) is 0 Å². The number of hydrogen-bond acceptors (Lipinski definition) is 2. The summed E-state index contributed by atoms with van der Waals surface area (Å²) in [5.74, 6) is 0.950. The molecule has 90 valence electrons. The largest absolute Gasteiger partial charge is 0.318 e. The van der Waals surface area contributed by atoms with Crippen molar-refractivity contribution < 1.29 is 9.59 Å². The van der Waals surface area contributed by atoms with Crippen LogP contribution in [0.3, 0.4) is 0 Å². The molecule has 1 N–H and O–H groups in total. The molecule has 2 unspecified atom stereocenters. The van der Waals surface area contributed by atoms with E-state index in [0.29, 0.717) is 29.0 Å². The lowest BCUT2D eigenvalue weighted by atomic mass is 9.86. The average molecular weight is 239 g/mol. The molecule has 0 saturated heterocycles. The van der Waals surface area contributed by atoms with Crippen LogP contribution in [-0.4, -0.2) is 11.7 Å². The molecule has 1 amide bonds. The van der Waals surface area contributed by atoms with Gasteiger partial charge in [-0.3, -0.25) is 9.59 Å². The Balaban J connectivity index is 1.74. The quantitative estimate of drug-likeness (QED) is 0.604. The number of ketones is 1. The summed E-state index contributed by atoms with van der Waals surface area (Å²) in [6, 6.07) is 5.83. The minimum absolute atomic E-state index is 0.398. The summed E-state index contributed by atoms with van der Waals surface area (Å²) in [6.07, 6.45) is 7.03. The highest BCUT2D eigenvalue weighted by Crippen LogP contribution is 2.49. The van der Waals surface area contributed by atoms with E-state index < -0.39 is 11.7 Å². The Hall–Kier alpha value is -1.90. The second kappa shape index (κ2) is 3.31. The van der Waals surface area contributed by atoms with Crippen LogP contribution in [0.2, 0.25) is 0 Å². The van der Waals surface area contributed by atoms with Crippen molar-refractivity contribution >= 4 is 17.4 Å². The first-order chi connectivity index (χ1) is 8.72. The van der Waals surface area contributed by atoms with Gasteiger partial charge in [0.2, 0.25) is 0 Å². The zero-order valence-corrected chi connectivity index (χ0v) is 9.85. The van der Waals surface area contributed by atoms with E-state index >= 15 is 0 Å². The molecule has 2 aliphatic carbocycles. The van der Waals surface area contributed by atoms with E-state index in [1.165, 1.54) is 18.4 Å². The molecule has 4 rings (SSSR count). The van der Waals surface area contributed by atoms with Crippen molar-refractivity contribution in [3.05, 3.63) is 41.5 Å². The number of carbonyl (C=O) groups is 2. The number of carbonyl (C=O) groups excluding carboxylic acids is 2. The lowest BCUT2D eigenvalue weighted by molar-refractivity contribution is -0.112.